The van der Waals surface area contributed by atoms with Crippen molar-refractivity contribution in [3.8, 4) is 0 Å². The van der Waals surface area contributed by atoms with Crippen LogP contribution in [-0.2, 0) is 0 Å². The van der Waals surface area contributed by atoms with Crippen molar-refractivity contribution in [1.82, 2.24) is 19.8 Å². The summed E-state index contributed by atoms with van der Waals surface area (Å²) in [6.07, 6.45) is 8.30. The maximum Gasteiger partial charge on any atom is 0.322 e. The molecule has 3 aliphatic rings. The van der Waals surface area contributed by atoms with E-state index in [-0.39, 0.29) is 12.1 Å². The Kier molecular flexibility index (Phi) is 3.48. The number of nitrogens with zero attached hydrogens (tertiary/aromatic N) is 4. The molecule has 2 amide bonds. The van der Waals surface area contributed by atoms with Crippen LogP contribution < -0.4 is 5.32 Å². The van der Waals surface area contributed by atoms with Crippen LogP contribution in [0.25, 0.3) is 0 Å². The first-order valence-electron chi connectivity index (χ1n) is 8.34. The van der Waals surface area contributed by atoms with E-state index in [2.05, 4.69) is 27.1 Å². The summed E-state index contributed by atoms with van der Waals surface area (Å²) in [7, 11) is 0. The van der Waals surface area contributed by atoms with Crippen molar-refractivity contribution in [2.24, 2.45) is 0 Å². The van der Waals surface area contributed by atoms with Gasteiger partial charge < -0.3 is 10.2 Å². The first-order valence-corrected chi connectivity index (χ1v) is 8.34. The Labute approximate surface area is 130 Å². The molecule has 3 fully saturated rings. The predicted octanol–water partition coefficient (Wildman–Crippen LogP) is 2.05. The molecule has 2 aliphatic heterocycles. The third-order valence-electron chi connectivity index (χ3n) is 5.06. The molecule has 1 saturated carbocycles. The Hall–Kier alpha value is -1.69. The molecular formula is C16H23N5O. The van der Waals surface area contributed by atoms with E-state index in [0.29, 0.717) is 17.6 Å². The van der Waals surface area contributed by atoms with E-state index >= 15 is 0 Å². The van der Waals surface area contributed by atoms with Gasteiger partial charge in [-0.1, -0.05) is 0 Å². The van der Waals surface area contributed by atoms with E-state index in [1.54, 1.807) is 12.4 Å². The van der Waals surface area contributed by atoms with Gasteiger partial charge in [-0.2, -0.15) is 0 Å². The monoisotopic (exact) mass is 301 g/mol. The molecule has 3 heterocycles. The van der Waals surface area contributed by atoms with Gasteiger partial charge in [0.2, 0.25) is 0 Å². The van der Waals surface area contributed by atoms with Gasteiger partial charge in [0.25, 0.3) is 0 Å². The van der Waals surface area contributed by atoms with Crippen molar-refractivity contribution in [3.05, 3.63) is 18.2 Å². The van der Waals surface area contributed by atoms with Crippen LogP contribution in [0.5, 0.6) is 0 Å². The first kappa shape index (κ1) is 13.9. The molecule has 2 unspecified atom stereocenters. The van der Waals surface area contributed by atoms with Crippen LogP contribution in [0.15, 0.2) is 12.4 Å². The smallest absolute Gasteiger partial charge is 0.319 e. The molecule has 1 N–H and O–H groups in total. The number of fused-ring (bicyclic) bond motifs is 1. The van der Waals surface area contributed by atoms with Gasteiger partial charge in [-0.25, -0.2) is 14.8 Å². The molecule has 0 spiro atoms. The number of rotatable bonds is 2. The molecule has 1 aromatic heterocycles. The minimum atomic E-state index is -0.0261. The molecular weight excluding hydrogens is 278 g/mol. The maximum atomic E-state index is 12.5. The van der Waals surface area contributed by atoms with Crippen LogP contribution in [0.2, 0.25) is 0 Å². The van der Waals surface area contributed by atoms with Gasteiger partial charge in [0.1, 0.15) is 5.82 Å². The van der Waals surface area contributed by atoms with Crippen molar-refractivity contribution < 1.29 is 4.79 Å². The zero-order chi connectivity index (χ0) is 15.1. The van der Waals surface area contributed by atoms with E-state index in [0.717, 1.165) is 18.9 Å². The topological polar surface area (TPSA) is 61.4 Å². The molecule has 6 heteroatoms. The fraction of sp³-hybridized carbons (Fsp3) is 0.688. The lowest BCUT2D eigenvalue weighted by atomic mass is 10.1. The molecule has 0 bridgehead atoms. The number of urea groups is 1. The second-order valence-electron chi connectivity index (χ2n) is 6.83. The van der Waals surface area contributed by atoms with E-state index in [9.17, 15) is 4.79 Å². The number of aromatic nitrogens is 2. The van der Waals surface area contributed by atoms with Crippen molar-refractivity contribution >= 4 is 11.7 Å². The lowest BCUT2D eigenvalue weighted by molar-refractivity contribution is 0.0861. The second kappa shape index (κ2) is 5.50. The minimum Gasteiger partial charge on any atom is -0.319 e. The van der Waals surface area contributed by atoms with Crippen LogP contribution in [0, 0.1) is 0 Å². The molecule has 6 nitrogen and oxygen atoms in total. The highest BCUT2D eigenvalue weighted by Gasteiger charge is 2.36. The number of carbonyl (C=O) groups excluding carboxylic acids is 1. The van der Waals surface area contributed by atoms with E-state index in [4.69, 9.17) is 0 Å². The maximum absolute atomic E-state index is 12.5. The molecule has 0 radical (unpaired) electrons. The van der Waals surface area contributed by atoms with Gasteiger partial charge in [-0.05, 0) is 39.2 Å². The molecule has 118 valence electrons. The Morgan fingerprint density at radius 1 is 1.23 bits per heavy atom. The highest BCUT2D eigenvalue weighted by atomic mass is 16.2. The molecule has 1 aliphatic carbocycles. The fourth-order valence-corrected chi connectivity index (χ4v) is 3.62. The first-order chi connectivity index (χ1) is 10.7. The van der Waals surface area contributed by atoms with Crippen molar-refractivity contribution in [2.45, 2.75) is 50.6 Å². The average Bonchev–Trinajstić information content (AvgIpc) is 3.26. The number of amides is 2. The molecule has 0 aromatic carbocycles. The molecule has 4 rings (SSSR count). The summed E-state index contributed by atoms with van der Waals surface area (Å²) in [5.74, 6) is 1.45. The second-order valence-corrected chi connectivity index (χ2v) is 6.83. The number of hydrogen-bond acceptors (Lipinski definition) is 4. The summed E-state index contributed by atoms with van der Waals surface area (Å²) in [6.45, 7) is 5.12. The average molecular weight is 301 g/mol. The summed E-state index contributed by atoms with van der Waals surface area (Å²) < 4.78 is 0. The number of hydrogen-bond donors (Lipinski definition) is 1. The number of piperazine rings is 1. The highest BCUT2D eigenvalue weighted by molar-refractivity contribution is 5.89. The predicted molar refractivity (Wildman–Crippen MR) is 83.8 cm³/mol. The Balaban J connectivity index is 1.40. The van der Waals surface area contributed by atoms with Crippen LogP contribution >= 0.6 is 0 Å². The summed E-state index contributed by atoms with van der Waals surface area (Å²) >= 11 is 0. The van der Waals surface area contributed by atoms with Gasteiger partial charge in [-0.15, -0.1) is 0 Å². The van der Waals surface area contributed by atoms with Crippen molar-refractivity contribution in [2.75, 3.05) is 25.0 Å². The normalized spacial score (nSPS) is 28.5. The Bertz CT molecular complexity index is 556. The Morgan fingerprint density at radius 2 is 2.00 bits per heavy atom. The van der Waals surface area contributed by atoms with Crippen LogP contribution in [0.4, 0.5) is 10.5 Å². The number of nitrogens with one attached hydrogen (secondary N) is 1. The van der Waals surface area contributed by atoms with Gasteiger partial charge in [0.15, 0.2) is 0 Å². The fourth-order valence-electron chi connectivity index (χ4n) is 3.62. The van der Waals surface area contributed by atoms with Crippen molar-refractivity contribution in [1.29, 1.82) is 0 Å². The zero-order valence-corrected chi connectivity index (χ0v) is 13.0. The van der Waals surface area contributed by atoms with E-state index in [1.807, 2.05) is 4.90 Å². The van der Waals surface area contributed by atoms with Gasteiger partial charge in [-0.3, -0.25) is 4.90 Å². The summed E-state index contributed by atoms with van der Waals surface area (Å²) in [6, 6.07) is 0.762. The largest absolute Gasteiger partial charge is 0.322 e. The lowest BCUT2D eigenvalue weighted by Gasteiger charge is -2.42. The zero-order valence-electron chi connectivity index (χ0n) is 13.0. The molecule has 22 heavy (non-hydrogen) atoms. The molecule has 1 aromatic rings. The van der Waals surface area contributed by atoms with Gasteiger partial charge in [0.05, 0.1) is 18.1 Å². The third-order valence-corrected chi connectivity index (χ3v) is 5.06. The summed E-state index contributed by atoms with van der Waals surface area (Å²) in [4.78, 5) is 25.7. The van der Waals surface area contributed by atoms with Crippen LogP contribution in [0.1, 0.15) is 44.3 Å². The quantitative estimate of drug-likeness (QED) is 0.908. The number of carbonyl (C=O) groups is 1. The Morgan fingerprint density at radius 3 is 2.73 bits per heavy atom. The van der Waals surface area contributed by atoms with Gasteiger partial charge in [0, 0.05) is 31.1 Å². The summed E-state index contributed by atoms with van der Waals surface area (Å²) in [5, 5.41) is 2.95. The lowest BCUT2D eigenvalue weighted by Crippen LogP contribution is -2.57. The summed E-state index contributed by atoms with van der Waals surface area (Å²) in [5.41, 5.74) is 0.690. The molecule has 2 saturated heterocycles. The van der Waals surface area contributed by atoms with E-state index in [1.165, 1.54) is 32.2 Å². The third kappa shape index (κ3) is 2.67. The van der Waals surface area contributed by atoms with E-state index < -0.39 is 0 Å². The van der Waals surface area contributed by atoms with Gasteiger partial charge >= 0.3 is 6.03 Å². The number of anilines is 1. The highest BCUT2D eigenvalue weighted by Crippen LogP contribution is 2.37. The van der Waals surface area contributed by atoms with Crippen molar-refractivity contribution in [3.63, 3.8) is 0 Å². The minimum absolute atomic E-state index is 0.0261. The van der Waals surface area contributed by atoms with Crippen LogP contribution in [0.3, 0.4) is 0 Å². The SMILES string of the molecule is CC1CN2CCCC2CN1C(=O)Nc1cnc(C2CC2)nc1. The standard InChI is InChI=1S/C16H23N5O/c1-11-9-20-6-2-3-14(20)10-21(11)16(22)19-13-7-17-15(18-8-13)12-4-5-12/h7-8,11-12,14H,2-6,9-10H2,1H3,(H,19,22). The molecule has 2 atom stereocenters. The van der Waals surface area contributed by atoms with Crippen LogP contribution in [-0.4, -0.2) is 57.5 Å².